The molecule has 1 heterocycles. The fourth-order valence-corrected chi connectivity index (χ4v) is 3.44. The standard InChI is InChI=1S/C20H43N5/c1-6-8-9-10-11-19(4)23-20(21-5)22-16-18(3)17-25-14-12-24(7-2)13-15-25/h18-19H,6-17H2,1-5H3,(H2,21,22,23). The fourth-order valence-electron chi connectivity index (χ4n) is 3.44. The Bertz CT molecular complexity index is 350. The van der Waals surface area contributed by atoms with Crippen molar-refractivity contribution >= 4 is 5.96 Å². The molecule has 2 N–H and O–H groups in total. The van der Waals surface area contributed by atoms with E-state index in [0.29, 0.717) is 12.0 Å². The molecule has 0 amide bonds. The topological polar surface area (TPSA) is 42.9 Å². The van der Waals surface area contributed by atoms with Crippen molar-refractivity contribution in [1.29, 1.82) is 0 Å². The molecule has 2 unspecified atom stereocenters. The number of nitrogens with zero attached hydrogens (tertiary/aromatic N) is 3. The second kappa shape index (κ2) is 13.4. The van der Waals surface area contributed by atoms with Gasteiger partial charge in [-0.3, -0.25) is 4.99 Å². The van der Waals surface area contributed by atoms with Gasteiger partial charge in [0, 0.05) is 52.4 Å². The third-order valence-corrected chi connectivity index (χ3v) is 5.20. The highest BCUT2D eigenvalue weighted by Crippen LogP contribution is 2.06. The number of nitrogens with one attached hydrogen (secondary N) is 2. The summed E-state index contributed by atoms with van der Waals surface area (Å²) in [5.41, 5.74) is 0. The van der Waals surface area contributed by atoms with E-state index < -0.39 is 0 Å². The zero-order valence-corrected chi connectivity index (χ0v) is 17.5. The number of rotatable bonds is 11. The summed E-state index contributed by atoms with van der Waals surface area (Å²) in [7, 11) is 1.87. The summed E-state index contributed by atoms with van der Waals surface area (Å²) in [6.07, 6.45) is 6.52. The molecule has 2 atom stereocenters. The highest BCUT2D eigenvalue weighted by Gasteiger charge is 2.17. The molecule has 1 rings (SSSR count). The lowest BCUT2D eigenvalue weighted by Gasteiger charge is -2.35. The van der Waals surface area contributed by atoms with Crippen LogP contribution in [0, 0.1) is 5.92 Å². The Kier molecular flexibility index (Phi) is 11.9. The third kappa shape index (κ3) is 10.0. The van der Waals surface area contributed by atoms with E-state index in [1.54, 1.807) is 0 Å². The first-order valence-electron chi connectivity index (χ1n) is 10.5. The van der Waals surface area contributed by atoms with E-state index in [1.807, 2.05) is 7.05 Å². The second-order valence-corrected chi connectivity index (χ2v) is 7.69. The molecular formula is C20H43N5. The maximum absolute atomic E-state index is 4.39. The first-order chi connectivity index (χ1) is 12.1. The van der Waals surface area contributed by atoms with Gasteiger partial charge in [0.05, 0.1) is 0 Å². The minimum absolute atomic E-state index is 0.487. The van der Waals surface area contributed by atoms with Crippen molar-refractivity contribution in [2.24, 2.45) is 10.9 Å². The molecule has 0 spiro atoms. The fraction of sp³-hybridized carbons (Fsp3) is 0.950. The molecule has 25 heavy (non-hydrogen) atoms. The molecule has 5 nitrogen and oxygen atoms in total. The van der Waals surface area contributed by atoms with Gasteiger partial charge in [0.15, 0.2) is 5.96 Å². The van der Waals surface area contributed by atoms with Crippen molar-refractivity contribution in [2.75, 3.05) is 52.9 Å². The smallest absolute Gasteiger partial charge is 0.191 e. The van der Waals surface area contributed by atoms with Gasteiger partial charge in [-0.2, -0.15) is 0 Å². The van der Waals surface area contributed by atoms with Gasteiger partial charge in [-0.1, -0.05) is 46.5 Å². The van der Waals surface area contributed by atoms with E-state index in [4.69, 9.17) is 0 Å². The SMILES string of the molecule is CCCCCCC(C)NC(=NC)NCC(C)CN1CCN(CC)CC1. The molecule has 1 aliphatic heterocycles. The lowest BCUT2D eigenvalue weighted by Crippen LogP contribution is -2.49. The van der Waals surface area contributed by atoms with Gasteiger partial charge < -0.3 is 20.4 Å². The predicted molar refractivity (Wildman–Crippen MR) is 110 cm³/mol. The van der Waals surface area contributed by atoms with Crippen LogP contribution in [-0.4, -0.2) is 74.7 Å². The van der Waals surface area contributed by atoms with E-state index in [-0.39, 0.29) is 0 Å². The molecular weight excluding hydrogens is 310 g/mol. The maximum atomic E-state index is 4.39. The molecule has 0 aromatic rings. The Morgan fingerprint density at radius 1 is 1.00 bits per heavy atom. The highest BCUT2D eigenvalue weighted by molar-refractivity contribution is 5.79. The minimum Gasteiger partial charge on any atom is -0.356 e. The van der Waals surface area contributed by atoms with Crippen LogP contribution in [0.25, 0.3) is 0 Å². The zero-order valence-electron chi connectivity index (χ0n) is 17.5. The number of hydrogen-bond acceptors (Lipinski definition) is 3. The third-order valence-electron chi connectivity index (χ3n) is 5.20. The van der Waals surface area contributed by atoms with Gasteiger partial charge in [-0.05, 0) is 25.8 Å². The monoisotopic (exact) mass is 353 g/mol. The van der Waals surface area contributed by atoms with Crippen molar-refractivity contribution in [2.45, 2.75) is 65.8 Å². The Balaban J connectivity index is 2.18. The molecule has 0 saturated carbocycles. The minimum atomic E-state index is 0.487. The molecule has 0 bridgehead atoms. The van der Waals surface area contributed by atoms with Gasteiger partial charge in [0.25, 0.3) is 0 Å². The largest absolute Gasteiger partial charge is 0.356 e. The van der Waals surface area contributed by atoms with Crippen molar-refractivity contribution < 1.29 is 0 Å². The number of aliphatic imine (C=N–C) groups is 1. The summed E-state index contributed by atoms with van der Waals surface area (Å²) in [6, 6.07) is 0.487. The van der Waals surface area contributed by atoms with Crippen LogP contribution in [0.2, 0.25) is 0 Å². The van der Waals surface area contributed by atoms with Crippen LogP contribution in [0.5, 0.6) is 0 Å². The molecule has 1 aliphatic rings. The number of likely N-dealkylation sites (N-methyl/N-ethyl adjacent to an activating group) is 1. The van der Waals surface area contributed by atoms with Gasteiger partial charge >= 0.3 is 0 Å². The molecule has 0 aromatic carbocycles. The molecule has 1 saturated heterocycles. The average Bonchev–Trinajstić information content (AvgIpc) is 2.63. The van der Waals surface area contributed by atoms with Gasteiger partial charge in [0.2, 0.25) is 0 Å². The predicted octanol–water partition coefficient (Wildman–Crippen LogP) is 2.78. The lowest BCUT2D eigenvalue weighted by atomic mass is 10.1. The van der Waals surface area contributed by atoms with E-state index in [1.165, 1.54) is 71.4 Å². The van der Waals surface area contributed by atoms with Gasteiger partial charge in [-0.25, -0.2) is 0 Å². The molecule has 0 radical (unpaired) electrons. The Morgan fingerprint density at radius 3 is 2.28 bits per heavy atom. The van der Waals surface area contributed by atoms with Crippen LogP contribution in [0.15, 0.2) is 4.99 Å². The molecule has 0 aromatic heterocycles. The normalized spacial score (nSPS) is 19.6. The van der Waals surface area contributed by atoms with Crippen molar-refractivity contribution in [3.05, 3.63) is 0 Å². The molecule has 0 aliphatic carbocycles. The van der Waals surface area contributed by atoms with Crippen molar-refractivity contribution in [3.8, 4) is 0 Å². The van der Waals surface area contributed by atoms with Crippen LogP contribution in [0.4, 0.5) is 0 Å². The van der Waals surface area contributed by atoms with E-state index >= 15 is 0 Å². The van der Waals surface area contributed by atoms with E-state index in [9.17, 15) is 0 Å². The van der Waals surface area contributed by atoms with Crippen LogP contribution < -0.4 is 10.6 Å². The Labute approximate surface area is 156 Å². The zero-order chi connectivity index (χ0) is 18.5. The Morgan fingerprint density at radius 2 is 1.68 bits per heavy atom. The second-order valence-electron chi connectivity index (χ2n) is 7.69. The number of piperazine rings is 1. The van der Waals surface area contributed by atoms with Gasteiger partial charge in [0.1, 0.15) is 0 Å². The van der Waals surface area contributed by atoms with Crippen LogP contribution in [0.3, 0.4) is 0 Å². The summed E-state index contributed by atoms with van der Waals surface area (Å²) in [4.78, 5) is 9.52. The quantitative estimate of drug-likeness (QED) is 0.340. The van der Waals surface area contributed by atoms with Crippen LogP contribution in [-0.2, 0) is 0 Å². The first kappa shape index (κ1) is 22.2. The lowest BCUT2D eigenvalue weighted by molar-refractivity contribution is 0.124. The van der Waals surface area contributed by atoms with E-state index in [0.717, 1.165) is 12.5 Å². The molecule has 5 heteroatoms. The summed E-state index contributed by atoms with van der Waals surface area (Å²) in [5.74, 6) is 1.58. The average molecular weight is 354 g/mol. The number of hydrogen-bond donors (Lipinski definition) is 2. The highest BCUT2D eigenvalue weighted by atomic mass is 15.3. The van der Waals surface area contributed by atoms with Crippen LogP contribution in [0.1, 0.15) is 59.8 Å². The van der Waals surface area contributed by atoms with Gasteiger partial charge in [-0.15, -0.1) is 0 Å². The van der Waals surface area contributed by atoms with E-state index in [2.05, 4.69) is 53.1 Å². The summed E-state index contributed by atoms with van der Waals surface area (Å²) < 4.78 is 0. The molecule has 1 fully saturated rings. The first-order valence-corrected chi connectivity index (χ1v) is 10.5. The summed E-state index contributed by atoms with van der Waals surface area (Å²) >= 11 is 0. The molecule has 148 valence electrons. The number of guanidine groups is 1. The maximum Gasteiger partial charge on any atom is 0.191 e. The van der Waals surface area contributed by atoms with Crippen LogP contribution >= 0.6 is 0 Å². The Hall–Kier alpha value is -0.810. The summed E-state index contributed by atoms with van der Waals surface area (Å²) in [6.45, 7) is 17.3. The van der Waals surface area contributed by atoms with Crippen molar-refractivity contribution in [3.63, 3.8) is 0 Å². The summed E-state index contributed by atoms with van der Waals surface area (Å²) in [5, 5.41) is 7.05. The number of unbranched alkanes of at least 4 members (excludes halogenated alkanes) is 3. The van der Waals surface area contributed by atoms with Crippen molar-refractivity contribution in [1.82, 2.24) is 20.4 Å².